The first kappa shape index (κ1) is 19.7. The highest BCUT2D eigenvalue weighted by atomic mass is 35.5. The van der Waals surface area contributed by atoms with Crippen LogP contribution in [0.5, 0.6) is 5.75 Å². The number of halogens is 1. The van der Waals surface area contributed by atoms with Gasteiger partial charge in [-0.05, 0) is 6.92 Å². The fourth-order valence-corrected chi connectivity index (χ4v) is 2.90. The molecule has 1 aromatic rings. The molecule has 26 heavy (non-hydrogen) atoms. The Kier molecular flexibility index (Phi) is 6.22. The third-order valence-electron chi connectivity index (χ3n) is 3.93. The van der Waals surface area contributed by atoms with Crippen molar-refractivity contribution in [2.24, 2.45) is 0 Å². The van der Waals surface area contributed by atoms with Gasteiger partial charge in [-0.1, -0.05) is 11.6 Å². The maximum absolute atomic E-state index is 12.8. The first-order valence-electron chi connectivity index (χ1n) is 7.72. The molecule has 0 bridgehead atoms. The number of morpholine rings is 1. The minimum absolute atomic E-state index is 0.00130. The zero-order chi connectivity index (χ0) is 19.4. The van der Waals surface area contributed by atoms with Gasteiger partial charge in [-0.25, -0.2) is 4.79 Å². The highest BCUT2D eigenvalue weighted by Crippen LogP contribution is 2.38. The van der Waals surface area contributed by atoms with Crippen LogP contribution in [0.1, 0.15) is 6.92 Å². The fraction of sp³-hybridized carbons (Fsp3) is 0.467. The molecule has 0 spiro atoms. The number of hydrogen-bond acceptors (Lipinski definition) is 6. The van der Waals surface area contributed by atoms with Crippen LogP contribution in [-0.4, -0.2) is 66.4 Å². The molecular formula is C15H18ClN3O7. The van der Waals surface area contributed by atoms with Crippen LogP contribution < -0.4 is 9.64 Å². The lowest BCUT2D eigenvalue weighted by Crippen LogP contribution is -2.52. The van der Waals surface area contributed by atoms with Crippen LogP contribution in [0.3, 0.4) is 0 Å². The molecule has 1 aromatic carbocycles. The number of carbonyl (C=O) groups excluding carboxylic acids is 1. The van der Waals surface area contributed by atoms with E-state index < -0.39 is 23.0 Å². The third kappa shape index (κ3) is 3.97. The largest absolute Gasteiger partial charge is 0.490 e. The Bertz CT molecular complexity index is 727. The second-order valence-electron chi connectivity index (χ2n) is 5.40. The zero-order valence-corrected chi connectivity index (χ0v) is 14.9. The summed E-state index contributed by atoms with van der Waals surface area (Å²) in [4.78, 5) is 36.7. The van der Waals surface area contributed by atoms with E-state index in [9.17, 15) is 19.7 Å². The highest BCUT2D eigenvalue weighted by Gasteiger charge is 2.33. The first-order chi connectivity index (χ1) is 12.3. The number of carbonyl (C=O) groups is 2. The van der Waals surface area contributed by atoms with Gasteiger partial charge >= 0.3 is 11.8 Å². The minimum Gasteiger partial charge on any atom is -0.490 e. The lowest BCUT2D eigenvalue weighted by atomic mass is 10.2. The van der Waals surface area contributed by atoms with Crippen LogP contribution in [0, 0.1) is 10.1 Å². The molecule has 1 unspecified atom stereocenters. The molecule has 10 nitrogen and oxygen atoms in total. The van der Waals surface area contributed by atoms with Crippen molar-refractivity contribution in [3.05, 3.63) is 27.3 Å². The standard InChI is InChI=1S/C15H18ClN3O7/c1-3-18(14(20)13-8-17(15(21)22)4-5-26-13)10-7-12(25-2)11(19(23)24)6-9(10)16/h6-7,13H,3-5,8H2,1-2H3,(H,21,22). The Morgan fingerprint density at radius 2 is 2.23 bits per heavy atom. The van der Waals surface area contributed by atoms with Crippen molar-refractivity contribution in [1.29, 1.82) is 0 Å². The molecule has 1 fully saturated rings. The Morgan fingerprint density at radius 1 is 1.54 bits per heavy atom. The monoisotopic (exact) mass is 387 g/mol. The second-order valence-corrected chi connectivity index (χ2v) is 5.81. The van der Waals surface area contributed by atoms with Gasteiger partial charge in [-0.2, -0.15) is 0 Å². The number of anilines is 1. The normalized spacial score (nSPS) is 16.9. The van der Waals surface area contributed by atoms with Gasteiger partial charge in [0.05, 0.1) is 35.9 Å². The maximum atomic E-state index is 12.8. The highest BCUT2D eigenvalue weighted by molar-refractivity contribution is 6.34. The van der Waals surface area contributed by atoms with Crippen molar-refractivity contribution >= 4 is 35.0 Å². The number of nitro groups is 1. The lowest BCUT2D eigenvalue weighted by molar-refractivity contribution is -0.385. The fourth-order valence-electron chi connectivity index (χ4n) is 2.64. The number of rotatable bonds is 5. The minimum atomic E-state index is -1.14. The van der Waals surface area contributed by atoms with Gasteiger partial charge in [0.25, 0.3) is 5.91 Å². The summed E-state index contributed by atoms with van der Waals surface area (Å²) in [5.41, 5.74) is -0.103. The van der Waals surface area contributed by atoms with Gasteiger partial charge in [0, 0.05) is 25.2 Å². The smallest absolute Gasteiger partial charge is 0.407 e. The second kappa shape index (κ2) is 8.19. The molecule has 0 saturated carbocycles. The maximum Gasteiger partial charge on any atom is 0.407 e. The molecule has 1 atom stereocenters. The molecular weight excluding hydrogens is 370 g/mol. The molecule has 0 radical (unpaired) electrons. The number of likely N-dealkylation sites (N-methyl/N-ethyl adjacent to an activating group) is 1. The summed E-state index contributed by atoms with van der Waals surface area (Å²) in [7, 11) is 1.27. The van der Waals surface area contributed by atoms with Crippen molar-refractivity contribution in [1.82, 2.24) is 4.90 Å². The lowest BCUT2D eigenvalue weighted by Gasteiger charge is -2.33. The molecule has 2 rings (SSSR count). The van der Waals surface area contributed by atoms with Crippen molar-refractivity contribution in [2.75, 3.05) is 38.3 Å². The molecule has 0 aliphatic carbocycles. The molecule has 1 aliphatic rings. The molecule has 1 aliphatic heterocycles. The van der Waals surface area contributed by atoms with E-state index in [0.717, 1.165) is 11.0 Å². The summed E-state index contributed by atoms with van der Waals surface area (Å²) < 4.78 is 10.4. The Labute approximate surface area is 154 Å². The van der Waals surface area contributed by atoms with Gasteiger partial charge in [0.15, 0.2) is 11.9 Å². The van der Waals surface area contributed by atoms with Crippen LogP contribution in [0.15, 0.2) is 12.1 Å². The first-order valence-corrected chi connectivity index (χ1v) is 8.10. The van der Waals surface area contributed by atoms with E-state index in [1.807, 2.05) is 0 Å². The molecule has 1 heterocycles. The number of amides is 2. The van der Waals surface area contributed by atoms with E-state index in [4.69, 9.17) is 26.2 Å². The summed E-state index contributed by atoms with van der Waals surface area (Å²) in [6.07, 6.45) is -2.12. The number of nitrogens with zero attached hydrogens (tertiary/aromatic N) is 3. The van der Waals surface area contributed by atoms with Crippen LogP contribution in [0.2, 0.25) is 5.02 Å². The van der Waals surface area contributed by atoms with E-state index in [0.29, 0.717) is 0 Å². The summed E-state index contributed by atoms with van der Waals surface area (Å²) in [5.74, 6) is -0.534. The zero-order valence-electron chi connectivity index (χ0n) is 14.2. The number of nitro benzene ring substituents is 1. The number of carboxylic acid groups (broad SMARTS) is 1. The van der Waals surface area contributed by atoms with E-state index in [-0.39, 0.29) is 48.4 Å². The number of hydrogen-bond donors (Lipinski definition) is 1. The van der Waals surface area contributed by atoms with E-state index in [1.165, 1.54) is 18.1 Å². The Morgan fingerprint density at radius 3 is 2.77 bits per heavy atom. The van der Waals surface area contributed by atoms with Crippen molar-refractivity contribution in [2.45, 2.75) is 13.0 Å². The molecule has 11 heteroatoms. The molecule has 1 N–H and O–H groups in total. The molecule has 142 valence electrons. The van der Waals surface area contributed by atoms with Gasteiger partial charge in [0.2, 0.25) is 0 Å². The third-order valence-corrected chi connectivity index (χ3v) is 4.23. The SMILES string of the molecule is CCN(C(=O)C1CN(C(=O)O)CCO1)c1cc(OC)c([N+](=O)[O-])cc1Cl. The van der Waals surface area contributed by atoms with E-state index in [1.54, 1.807) is 6.92 Å². The molecule has 0 aromatic heterocycles. The Balaban J connectivity index is 2.34. The van der Waals surface area contributed by atoms with Crippen LogP contribution >= 0.6 is 11.6 Å². The summed E-state index contributed by atoms with van der Waals surface area (Å²) in [6, 6.07) is 2.41. The van der Waals surface area contributed by atoms with Gasteiger partial charge < -0.3 is 24.4 Å². The van der Waals surface area contributed by atoms with Crippen LogP contribution in [0.25, 0.3) is 0 Å². The van der Waals surface area contributed by atoms with Gasteiger partial charge in [0.1, 0.15) is 0 Å². The topological polar surface area (TPSA) is 122 Å². The molecule has 2 amide bonds. The number of benzene rings is 1. The van der Waals surface area contributed by atoms with E-state index in [2.05, 4.69) is 0 Å². The van der Waals surface area contributed by atoms with Crippen molar-refractivity contribution < 1.29 is 29.1 Å². The van der Waals surface area contributed by atoms with E-state index >= 15 is 0 Å². The average Bonchev–Trinajstić information content (AvgIpc) is 2.63. The molecule has 1 saturated heterocycles. The Hall–Kier alpha value is -2.59. The number of ether oxygens (including phenoxy) is 2. The summed E-state index contributed by atoms with van der Waals surface area (Å²) >= 11 is 6.14. The van der Waals surface area contributed by atoms with Crippen LogP contribution in [0.4, 0.5) is 16.2 Å². The predicted molar refractivity (Wildman–Crippen MR) is 92.0 cm³/mol. The van der Waals surface area contributed by atoms with Gasteiger partial charge in [-0.15, -0.1) is 0 Å². The quantitative estimate of drug-likeness (QED) is 0.605. The van der Waals surface area contributed by atoms with Crippen LogP contribution in [-0.2, 0) is 9.53 Å². The van der Waals surface area contributed by atoms with Crippen molar-refractivity contribution in [3.63, 3.8) is 0 Å². The summed E-state index contributed by atoms with van der Waals surface area (Å²) in [5, 5.41) is 20.2. The summed E-state index contributed by atoms with van der Waals surface area (Å²) in [6.45, 7) is 2.06. The number of methoxy groups -OCH3 is 1. The van der Waals surface area contributed by atoms with Gasteiger partial charge in [-0.3, -0.25) is 14.9 Å². The average molecular weight is 388 g/mol. The predicted octanol–water partition coefficient (Wildman–Crippen LogP) is 1.99. The van der Waals surface area contributed by atoms with Crippen molar-refractivity contribution in [3.8, 4) is 5.75 Å².